The Kier molecular flexibility index (Phi) is 8.67. The average Bonchev–Trinajstić information content (AvgIpc) is 2.39. The van der Waals surface area contributed by atoms with Crippen LogP contribution in [0.5, 0.6) is 0 Å². The SMILES string of the molecule is CCCNCC1(OCCOCC(C)C)CCCCC1. The molecule has 0 radical (unpaired) electrons. The number of nitrogens with one attached hydrogen (secondary N) is 1. The van der Waals surface area contributed by atoms with E-state index in [4.69, 9.17) is 9.47 Å². The van der Waals surface area contributed by atoms with Gasteiger partial charge in [-0.3, -0.25) is 0 Å². The van der Waals surface area contributed by atoms with Crippen molar-refractivity contribution in [2.24, 2.45) is 5.92 Å². The van der Waals surface area contributed by atoms with Gasteiger partial charge in [0.25, 0.3) is 0 Å². The van der Waals surface area contributed by atoms with E-state index < -0.39 is 0 Å². The lowest BCUT2D eigenvalue weighted by molar-refractivity contribution is -0.0875. The number of hydrogen-bond donors (Lipinski definition) is 1. The molecule has 114 valence electrons. The fourth-order valence-corrected chi connectivity index (χ4v) is 2.70. The highest BCUT2D eigenvalue weighted by atomic mass is 16.5. The Labute approximate surface area is 119 Å². The minimum atomic E-state index is 0.0780. The molecular weight excluding hydrogens is 238 g/mol. The van der Waals surface area contributed by atoms with Crippen LogP contribution in [-0.4, -0.2) is 38.5 Å². The van der Waals surface area contributed by atoms with Crippen LogP contribution in [-0.2, 0) is 9.47 Å². The Balaban J connectivity index is 2.24. The number of rotatable bonds is 10. The summed E-state index contributed by atoms with van der Waals surface area (Å²) in [6.07, 6.45) is 7.57. The van der Waals surface area contributed by atoms with Crippen molar-refractivity contribution in [1.29, 1.82) is 0 Å². The Morgan fingerprint density at radius 1 is 1.11 bits per heavy atom. The Hall–Kier alpha value is -0.120. The lowest BCUT2D eigenvalue weighted by Crippen LogP contribution is -2.45. The third-order valence-electron chi connectivity index (χ3n) is 3.73. The van der Waals surface area contributed by atoms with Crippen molar-refractivity contribution >= 4 is 0 Å². The molecule has 0 aliphatic heterocycles. The number of hydrogen-bond acceptors (Lipinski definition) is 3. The van der Waals surface area contributed by atoms with Gasteiger partial charge in [-0.25, -0.2) is 0 Å². The van der Waals surface area contributed by atoms with Gasteiger partial charge in [0.2, 0.25) is 0 Å². The highest BCUT2D eigenvalue weighted by molar-refractivity contribution is 4.86. The Morgan fingerprint density at radius 3 is 2.47 bits per heavy atom. The summed E-state index contributed by atoms with van der Waals surface area (Å²) in [7, 11) is 0. The van der Waals surface area contributed by atoms with Crippen molar-refractivity contribution in [3.05, 3.63) is 0 Å². The van der Waals surface area contributed by atoms with Gasteiger partial charge in [-0.05, 0) is 31.7 Å². The second-order valence-corrected chi connectivity index (χ2v) is 6.24. The van der Waals surface area contributed by atoms with Gasteiger partial charge in [-0.2, -0.15) is 0 Å². The molecule has 1 aliphatic carbocycles. The maximum absolute atomic E-state index is 6.21. The molecule has 0 saturated heterocycles. The van der Waals surface area contributed by atoms with Gasteiger partial charge in [0.05, 0.1) is 18.8 Å². The van der Waals surface area contributed by atoms with E-state index in [0.29, 0.717) is 5.92 Å². The molecule has 0 aromatic rings. The molecule has 1 aliphatic rings. The molecule has 0 aromatic heterocycles. The Morgan fingerprint density at radius 2 is 1.84 bits per heavy atom. The first-order valence-electron chi connectivity index (χ1n) is 8.11. The summed E-state index contributed by atoms with van der Waals surface area (Å²) >= 11 is 0. The van der Waals surface area contributed by atoms with E-state index in [2.05, 4.69) is 26.1 Å². The van der Waals surface area contributed by atoms with Crippen LogP contribution in [0.1, 0.15) is 59.3 Å². The van der Waals surface area contributed by atoms with Crippen molar-refractivity contribution in [1.82, 2.24) is 5.32 Å². The average molecular weight is 271 g/mol. The summed E-state index contributed by atoms with van der Waals surface area (Å²) in [5.41, 5.74) is 0.0780. The predicted octanol–water partition coefficient (Wildman–Crippen LogP) is 3.38. The first kappa shape index (κ1) is 16.9. The van der Waals surface area contributed by atoms with E-state index >= 15 is 0 Å². The van der Waals surface area contributed by atoms with E-state index in [9.17, 15) is 0 Å². The van der Waals surface area contributed by atoms with Crippen LogP contribution in [0.25, 0.3) is 0 Å². The third kappa shape index (κ3) is 7.28. The third-order valence-corrected chi connectivity index (χ3v) is 3.73. The van der Waals surface area contributed by atoms with Gasteiger partial charge in [-0.15, -0.1) is 0 Å². The van der Waals surface area contributed by atoms with Crippen molar-refractivity contribution in [3.8, 4) is 0 Å². The van der Waals surface area contributed by atoms with Crippen LogP contribution in [0.2, 0.25) is 0 Å². The fourth-order valence-electron chi connectivity index (χ4n) is 2.70. The smallest absolute Gasteiger partial charge is 0.0807 e. The molecule has 0 atom stereocenters. The van der Waals surface area contributed by atoms with Crippen LogP contribution < -0.4 is 5.32 Å². The van der Waals surface area contributed by atoms with Crippen LogP contribution >= 0.6 is 0 Å². The minimum absolute atomic E-state index is 0.0780. The van der Waals surface area contributed by atoms with Gasteiger partial charge in [0, 0.05) is 13.2 Å². The predicted molar refractivity (Wildman–Crippen MR) is 80.6 cm³/mol. The standard InChI is InChI=1S/C16H33NO2/c1-4-10-17-14-16(8-6-5-7-9-16)19-12-11-18-13-15(2)3/h15,17H,4-14H2,1-3H3. The normalized spacial score (nSPS) is 18.9. The van der Waals surface area contributed by atoms with Gasteiger partial charge >= 0.3 is 0 Å². The zero-order valence-corrected chi connectivity index (χ0v) is 13.2. The molecule has 0 spiro atoms. The largest absolute Gasteiger partial charge is 0.379 e. The summed E-state index contributed by atoms with van der Waals surface area (Å²) in [5, 5.41) is 3.54. The van der Waals surface area contributed by atoms with E-state index in [-0.39, 0.29) is 5.60 Å². The highest BCUT2D eigenvalue weighted by Gasteiger charge is 2.32. The van der Waals surface area contributed by atoms with Crippen LogP contribution in [0, 0.1) is 5.92 Å². The first-order valence-corrected chi connectivity index (χ1v) is 8.11. The second-order valence-electron chi connectivity index (χ2n) is 6.24. The highest BCUT2D eigenvalue weighted by Crippen LogP contribution is 2.31. The van der Waals surface area contributed by atoms with Crippen molar-refractivity contribution in [2.75, 3.05) is 32.9 Å². The lowest BCUT2D eigenvalue weighted by Gasteiger charge is -2.37. The monoisotopic (exact) mass is 271 g/mol. The van der Waals surface area contributed by atoms with Gasteiger partial charge in [-0.1, -0.05) is 40.0 Å². The molecule has 0 amide bonds. The molecule has 1 rings (SSSR count). The molecule has 3 heteroatoms. The molecule has 1 N–H and O–H groups in total. The van der Waals surface area contributed by atoms with E-state index in [1.54, 1.807) is 0 Å². The second kappa shape index (κ2) is 9.73. The zero-order valence-electron chi connectivity index (χ0n) is 13.2. The maximum Gasteiger partial charge on any atom is 0.0807 e. The molecular formula is C16H33NO2. The quantitative estimate of drug-likeness (QED) is 0.618. The lowest BCUT2D eigenvalue weighted by atomic mass is 9.84. The van der Waals surface area contributed by atoms with Crippen LogP contribution in [0.4, 0.5) is 0 Å². The van der Waals surface area contributed by atoms with Crippen molar-refractivity contribution in [2.45, 2.75) is 64.9 Å². The molecule has 0 heterocycles. The van der Waals surface area contributed by atoms with Gasteiger partial charge in [0.15, 0.2) is 0 Å². The van der Waals surface area contributed by atoms with Crippen molar-refractivity contribution in [3.63, 3.8) is 0 Å². The van der Waals surface area contributed by atoms with E-state index in [1.807, 2.05) is 0 Å². The molecule has 1 fully saturated rings. The topological polar surface area (TPSA) is 30.5 Å². The molecule has 0 aromatic carbocycles. The number of ether oxygens (including phenoxy) is 2. The van der Waals surface area contributed by atoms with E-state index in [1.165, 1.54) is 38.5 Å². The van der Waals surface area contributed by atoms with Crippen molar-refractivity contribution < 1.29 is 9.47 Å². The van der Waals surface area contributed by atoms with E-state index in [0.717, 1.165) is 32.9 Å². The minimum Gasteiger partial charge on any atom is -0.379 e. The molecule has 0 unspecified atom stereocenters. The summed E-state index contributed by atoms with van der Waals surface area (Å²) < 4.78 is 11.8. The zero-order chi connectivity index (χ0) is 14.0. The molecule has 1 saturated carbocycles. The Bertz CT molecular complexity index is 213. The van der Waals surface area contributed by atoms with Crippen LogP contribution in [0.15, 0.2) is 0 Å². The fraction of sp³-hybridized carbons (Fsp3) is 1.00. The van der Waals surface area contributed by atoms with Gasteiger partial charge < -0.3 is 14.8 Å². The molecule has 19 heavy (non-hydrogen) atoms. The summed E-state index contributed by atoms with van der Waals surface area (Å²) in [6.45, 7) is 11.0. The summed E-state index contributed by atoms with van der Waals surface area (Å²) in [4.78, 5) is 0. The first-order chi connectivity index (χ1) is 9.18. The summed E-state index contributed by atoms with van der Waals surface area (Å²) in [6, 6.07) is 0. The molecule has 0 bridgehead atoms. The maximum atomic E-state index is 6.21. The van der Waals surface area contributed by atoms with Gasteiger partial charge in [0.1, 0.15) is 0 Å². The summed E-state index contributed by atoms with van der Waals surface area (Å²) in [5.74, 6) is 0.606. The molecule has 3 nitrogen and oxygen atoms in total. The van der Waals surface area contributed by atoms with Crippen LogP contribution in [0.3, 0.4) is 0 Å².